The van der Waals surface area contributed by atoms with Crippen molar-refractivity contribution < 1.29 is 17.6 Å². The molecule has 19 heavy (non-hydrogen) atoms. The number of benzene rings is 1. The summed E-state index contributed by atoms with van der Waals surface area (Å²) in [5.41, 5.74) is 5.26. The summed E-state index contributed by atoms with van der Waals surface area (Å²) in [6.45, 7) is 0.0851. The second kappa shape index (κ2) is 6.21. The Labute approximate surface area is 117 Å². The lowest BCUT2D eigenvalue weighted by Crippen LogP contribution is -2.35. The third kappa shape index (κ3) is 4.07. The van der Waals surface area contributed by atoms with Gasteiger partial charge < -0.3 is 10.6 Å². The Bertz CT molecular complexity index is 502. The average molecular weight is 313 g/mol. The van der Waals surface area contributed by atoms with Gasteiger partial charge in [-0.05, 0) is 30.4 Å². The van der Waals surface area contributed by atoms with E-state index in [0.717, 1.165) is 6.07 Å². The Kier molecular flexibility index (Phi) is 5.13. The van der Waals surface area contributed by atoms with Crippen molar-refractivity contribution in [1.29, 1.82) is 0 Å². The van der Waals surface area contributed by atoms with Crippen molar-refractivity contribution >= 4 is 34.6 Å². The monoisotopic (exact) mass is 312 g/mol. The lowest BCUT2D eigenvalue weighted by atomic mass is 10.1. The average Bonchev–Trinajstić information content (AvgIpc) is 2.29. The van der Waals surface area contributed by atoms with Crippen molar-refractivity contribution in [3.8, 4) is 0 Å². The molecule has 0 amide bonds. The standard InChI is InChI=1S/C11H9ClF4N2S/c12-4-1-5-18(10(17)19)7-2-3-9(13)8(6-7)11(14,15)16/h1-4,6H,5H2,(H2,17,19). The number of thiocarbonyl (C=S) groups is 1. The van der Waals surface area contributed by atoms with Crippen LogP contribution >= 0.6 is 23.8 Å². The predicted octanol–water partition coefficient (Wildman–Crippen LogP) is 3.65. The molecule has 0 heterocycles. The molecule has 104 valence electrons. The van der Waals surface area contributed by atoms with Gasteiger partial charge in [0.2, 0.25) is 0 Å². The molecule has 0 unspecified atom stereocenters. The molecule has 0 aliphatic rings. The van der Waals surface area contributed by atoms with E-state index in [1.54, 1.807) is 0 Å². The summed E-state index contributed by atoms with van der Waals surface area (Å²) in [5, 5.41) is -0.144. The third-order valence-electron chi connectivity index (χ3n) is 2.21. The Morgan fingerprint density at radius 2 is 2.05 bits per heavy atom. The highest BCUT2D eigenvalue weighted by atomic mass is 35.5. The van der Waals surface area contributed by atoms with Gasteiger partial charge in [0.15, 0.2) is 5.11 Å². The molecule has 0 aliphatic heterocycles. The van der Waals surface area contributed by atoms with Crippen molar-refractivity contribution in [1.82, 2.24) is 0 Å². The lowest BCUT2D eigenvalue weighted by molar-refractivity contribution is -0.139. The van der Waals surface area contributed by atoms with Crippen LogP contribution in [-0.4, -0.2) is 11.7 Å². The molecule has 0 spiro atoms. The van der Waals surface area contributed by atoms with E-state index < -0.39 is 17.6 Å². The molecular weight excluding hydrogens is 304 g/mol. The molecule has 0 bridgehead atoms. The normalized spacial score (nSPS) is 11.8. The first-order valence-corrected chi connectivity index (χ1v) is 5.80. The molecular formula is C11H9ClF4N2S. The summed E-state index contributed by atoms with van der Waals surface area (Å²) in [5.74, 6) is -1.35. The zero-order valence-corrected chi connectivity index (χ0v) is 11.0. The molecule has 1 rings (SSSR count). The summed E-state index contributed by atoms with van der Waals surface area (Å²) < 4.78 is 50.9. The Hall–Kier alpha value is -1.34. The van der Waals surface area contributed by atoms with E-state index in [0.29, 0.717) is 12.1 Å². The van der Waals surface area contributed by atoms with Crippen LogP contribution in [0.1, 0.15) is 5.56 Å². The van der Waals surface area contributed by atoms with Gasteiger partial charge in [-0.25, -0.2) is 4.39 Å². The second-order valence-electron chi connectivity index (χ2n) is 3.47. The smallest absolute Gasteiger partial charge is 0.376 e. The highest BCUT2D eigenvalue weighted by Gasteiger charge is 2.34. The third-order valence-corrected chi connectivity index (χ3v) is 2.61. The molecule has 0 aromatic heterocycles. The van der Waals surface area contributed by atoms with E-state index in [1.807, 2.05) is 0 Å². The quantitative estimate of drug-likeness (QED) is 0.682. The van der Waals surface area contributed by atoms with Crippen LogP contribution in [0, 0.1) is 5.82 Å². The highest BCUT2D eigenvalue weighted by Crippen LogP contribution is 2.33. The Balaban J connectivity index is 3.22. The number of nitrogens with zero attached hydrogens (tertiary/aromatic N) is 1. The number of halogens is 5. The Morgan fingerprint density at radius 1 is 1.42 bits per heavy atom. The van der Waals surface area contributed by atoms with Gasteiger partial charge in [-0.1, -0.05) is 17.7 Å². The molecule has 8 heteroatoms. The fraction of sp³-hybridized carbons (Fsp3) is 0.182. The molecule has 0 radical (unpaired) electrons. The minimum absolute atomic E-state index is 0.0380. The van der Waals surface area contributed by atoms with Gasteiger partial charge in [-0.2, -0.15) is 13.2 Å². The minimum atomic E-state index is -4.79. The molecule has 0 fully saturated rings. The maximum absolute atomic E-state index is 13.1. The molecule has 0 aliphatic carbocycles. The van der Waals surface area contributed by atoms with Crippen LogP contribution in [-0.2, 0) is 6.18 Å². The van der Waals surface area contributed by atoms with Gasteiger partial charge >= 0.3 is 6.18 Å². The number of rotatable bonds is 3. The fourth-order valence-corrected chi connectivity index (χ4v) is 1.63. The fourth-order valence-electron chi connectivity index (χ4n) is 1.37. The molecule has 1 aromatic carbocycles. The minimum Gasteiger partial charge on any atom is -0.376 e. The lowest BCUT2D eigenvalue weighted by Gasteiger charge is -2.22. The van der Waals surface area contributed by atoms with Gasteiger partial charge in [0, 0.05) is 17.8 Å². The van der Waals surface area contributed by atoms with E-state index in [2.05, 4.69) is 0 Å². The molecule has 0 saturated heterocycles. The first kappa shape index (κ1) is 15.7. The van der Waals surface area contributed by atoms with Crippen molar-refractivity contribution in [2.45, 2.75) is 6.18 Å². The second-order valence-corrected chi connectivity index (χ2v) is 4.14. The SMILES string of the molecule is NC(=S)N(CC=CCl)c1ccc(F)c(C(F)(F)F)c1. The van der Waals surface area contributed by atoms with Gasteiger partial charge in [-0.15, -0.1) is 0 Å². The molecule has 0 atom stereocenters. The van der Waals surface area contributed by atoms with Gasteiger partial charge in [0.25, 0.3) is 0 Å². The summed E-state index contributed by atoms with van der Waals surface area (Å²) >= 11 is 10.1. The van der Waals surface area contributed by atoms with Gasteiger partial charge in [0.05, 0.1) is 5.56 Å². The van der Waals surface area contributed by atoms with E-state index in [1.165, 1.54) is 16.5 Å². The molecule has 1 aromatic rings. The topological polar surface area (TPSA) is 29.3 Å². The Morgan fingerprint density at radius 3 is 2.53 bits per heavy atom. The molecule has 2 N–H and O–H groups in total. The van der Waals surface area contributed by atoms with Crippen LogP contribution in [0.25, 0.3) is 0 Å². The van der Waals surface area contributed by atoms with Gasteiger partial charge in [0.1, 0.15) is 5.82 Å². The summed E-state index contributed by atoms with van der Waals surface area (Å²) in [6, 6.07) is 2.52. The largest absolute Gasteiger partial charge is 0.419 e. The molecule has 0 saturated carbocycles. The van der Waals surface area contributed by atoms with Crippen LogP contribution in [0.2, 0.25) is 0 Å². The summed E-state index contributed by atoms with van der Waals surface area (Å²) in [4.78, 5) is 1.20. The van der Waals surface area contributed by atoms with Crippen molar-refractivity contribution in [3.05, 3.63) is 41.2 Å². The number of alkyl halides is 3. The van der Waals surface area contributed by atoms with E-state index in [4.69, 9.17) is 29.6 Å². The number of hydrogen-bond acceptors (Lipinski definition) is 1. The van der Waals surface area contributed by atoms with E-state index in [9.17, 15) is 17.6 Å². The van der Waals surface area contributed by atoms with Crippen LogP contribution in [0.4, 0.5) is 23.2 Å². The predicted molar refractivity (Wildman–Crippen MR) is 70.5 cm³/mol. The maximum atomic E-state index is 13.1. The zero-order chi connectivity index (χ0) is 14.6. The number of hydrogen-bond donors (Lipinski definition) is 1. The van der Waals surface area contributed by atoms with Crippen molar-refractivity contribution in [3.63, 3.8) is 0 Å². The zero-order valence-electron chi connectivity index (χ0n) is 9.42. The van der Waals surface area contributed by atoms with Gasteiger partial charge in [-0.3, -0.25) is 0 Å². The first-order chi connectivity index (χ1) is 8.77. The van der Waals surface area contributed by atoms with E-state index >= 15 is 0 Å². The summed E-state index contributed by atoms with van der Waals surface area (Å²) in [6.07, 6.45) is -3.35. The van der Waals surface area contributed by atoms with Crippen LogP contribution in [0.3, 0.4) is 0 Å². The van der Waals surface area contributed by atoms with Crippen molar-refractivity contribution in [2.75, 3.05) is 11.4 Å². The highest BCUT2D eigenvalue weighted by molar-refractivity contribution is 7.80. The van der Waals surface area contributed by atoms with Crippen LogP contribution in [0.5, 0.6) is 0 Å². The van der Waals surface area contributed by atoms with Crippen molar-refractivity contribution in [2.24, 2.45) is 5.73 Å². The summed E-state index contributed by atoms with van der Waals surface area (Å²) in [7, 11) is 0. The first-order valence-electron chi connectivity index (χ1n) is 4.96. The number of anilines is 1. The maximum Gasteiger partial charge on any atom is 0.419 e. The van der Waals surface area contributed by atoms with E-state index in [-0.39, 0.29) is 17.3 Å². The van der Waals surface area contributed by atoms with Crippen LogP contribution < -0.4 is 10.6 Å². The van der Waals surface area contributed by atoms with Crippen LogP contribution in [0.15, 0.2) is 29.8 Å². The molecule has 2 nitrogen and oxygen atoms in total. The number of nitrogens with two attached hydrogens (primary N) is 1.